The van der Waals surface area contributed by atoms with Gasteiger partial charge in [0.1, 0.15) is 5.69 Å². The summed E-state index contributed by atoms with van der Waals surface area (Å²) < 4.78 is 6.49. The van der Waals surface area contributed by atoms with E-state index in [4.69, 9.17) is 4.52 Å². The lowest BCUT2D eigenvalue weighted by Crippen LogP contribution is -2.15. The van der Waals surface area contributed by atoms with Crippen LogP contribution < -0.4 is 5.32 Å². The summed E-state index contributed by atoms with van der Waals surface area (Å²) in [5.41, 5.74) is 5.58. The highest BCUT2D eigenvalue weighted by Crippen LogP contribution is 2.24. The van der Waals surface area contributed by atoms with Crippen LogP contribution in [0.15, 0.2) is 34.9 Å². The second-order valence-corrected chi connectivity index (χ2v) is 6.99. The highest BCUT2D eigenvalue weighted by Gasteiger charge is 2.14. The quantitative estimate of drug-likeness (QED) is 0.634. The molecule has 0 saturated heterocycles. The molecule has 0 aliphatic heterocycles. The van der Waals surface area contributed by atoms with Gasteiger partial charge in [-0.2, -0.15) is 0 Å². The van der Waals surface area contributed by atoms with E-state index in [1.807, 2.05) is 51.1 Å². The number of aryl methyl sites for hydroxylation is 3. The van der Waals surface area contributed by atoms with Gasteiger partial charge in [0.25, 0.3) is 0 Å². The van der Waals surface area contributed by atoms with Crippen molar-refractivity contribution in [2.75, 3.05) is 5.32 Å². The molecule has 4 nitrogen and oxygen atoms in total. The van der Waals surface area contributed by atoms with Gasteiger partial charge in [0, 0.05) is 14.6 Å². The molecular weight excluding hydrogens is 403 g/mol. The van der Waals surface area contributed by atoms with Gasteiger partial charge in [0.2, 0.25) is 5.91 Å². The second-order valence-electron chi connectivity index (χ2n) is 5.75. The van der Waals surface area contributed by atoms with Gasteiger partial charge in [0.15, 0.2) is 5.58 Å². The molecule has 0 fully saturated rings. The molecule has 1 amide bonds. The third-order valence-corrected chi connectivity index (χ3v) is 4.62. The molecule has 0 atom stereocenters. The number of hydrogen-bond donors (Lipinski definition) is 1. The molecule has 0 aliphatic carbocycles. The summed E-state index contributed by atoms with van der Waals surface area (Å²) in [6.45, 7) is 6.05. The lowest BCUT2D eigenvalue weighted by molar-refractivity contribution is -0.115. The van der Waals surface area contributed by atoms with Crippen molar-refractivity contribution in [3.8, 4) is 0 Å². The molecule has 3 aromatic rings. The summed E-state index contributed by atoms with van der Waals surface area (Å²) in [5, 5.41) is 7.91. The molecule has 1 aromatic heterocycles. The van der Waals surface area contributed by atoms with E-state index >= 15 is 0 Å². The van der Waals surface area contributed by atoms with E-state index < -0.39 is 0 Å². The zero-order valence-corrected chi connectivity index (χ0v) is 15.4. The van der Waals surface area contributed by atoms with Crippen molar-refractivity contribution < 1.29 is 9.32 Å². The molecule has 3 rings (SSSR count). The van der Waals surface area contributed by atoms with E-state index in [0.717, 1.165) is 36.9 Å². The SMILES string of the molecule is Cc1cc2onc(CC(=O)Nc3ccc(I)cc3C)c2cc1C. The third-order valence-electron chi connectivity index (χ3n) is 3.95. The highest BCUT2D eigenvalue weighted by atomic mass is 127. The van der Waals surface area contributed by atoms with Crippen LogP contribution >= 0.6 is 22.6 Å². The molecule has 0 bridgehead atoms. The van der Waals surface area contributed by atoms with Crippen molar-refractivity contribution >= 4 is 45.2 Å². The Morgan fingerprint density at radius 1 is 1.13 bits per heavy atom. The van der Waals surface area contributed by atoms with Gasteiger partial charge in [-0.3, -0.25) is 4.79 Å². The van der Waals surface area contributed by atoms with Crippen LogP contribution in [0.25, 0.3) is 11.0 Å². The van der Waals surface area contributed by atoms with Crippen LogP contribution in [0, 0.1) is 24.3 Å². The second kappa shape index (κ2) is 6.31. The van der Waals surface area contributed by atoms with Crippen LogP contribution in [0.2, 0.25) is 0 Å². The predicted molar refractivity (Wildman–Crippen MR) is 99.7 cm³/mol. The first-order chi connectivity index (χ1) is 10.9. The molecule has 0 aliphatic rings. The van der Waals surface area contributed by atoms with Gasteiger partial charge in [-0.05, 0) is 90.4 Å². The molecule has 1 N–H and O–H groups in total. The topological polar surface area (TPSA) is 55.1 Å². The Labute approximate surface area is 148 Å². The fraction of sp³-hybridized carbons (Fsp3) is 0.222. The molecule has 5 heteroatoms. The highest BCUT2D eigenvalue weighted by molar-refractivity contribution is 14.1. The van der Waals surface area contributed by atoms with E-state index in [0.29, 0.717) is 5.69 Å². The minimum atomic E-state index is -0.0947. The normalized spacial score (nSPS) is 11.0. The first-order valence-corrected chi connectivity index (χ1v) is 8.43. The number of nitrogens with one attached hydrogen (secondary N) is 1. The standard InChI is InChI=1S/C18H17IN2O2/c1-10-7-14-16(21-23-17(14)8-11(10)2)9-18(22)20-15-5-4-13(19)6-12(15)3/h4-8H,9H2,1-3H3,(H,20,22). The predicted octanol–water partition coefficient (Wildman–Crippen LogP) is 4.54. The summed E-state index contributed by atoms with van der Waals surface area (Å²) in [6, 6.07) is 9.92. The third kappa shape index (κ3) is 3.39. The van der Waals surface area contributed by atoms with Gasteiger partial charge in [-0.15, -0.1) is 0 Å². The van der Waals surface area contributed by atoms with Gasteiger partial charge in [0.05, 0.1) is 6.42 Å². The van der Waals surface area contributed by atoms with Gasteiger partial charge < -0.3 is 9.84 Å². The smallest absolute Gasteiger partial charge is 0.230 e. The number of carbonyl (C=O) groups excluding carboxylic acids is 1. The van der Waals surface area contributed by atoms with E-state index in [2.05, 4.69) is 33.1 Å². The van der Waals surface area contributed by atoms with E-state index in [-0.39, 0.29) is 12.3 Å². The van der Waals surface area contributed by atoms with Crippen LogP contribution in [0.4, 0.5) is 5.69 Å². The van der Waals surface area contributed by atoms with Crippen molar-refractivity contribution in [1.82, 2.24) is 5.16 Å². The minimum absolute atomic E-state index is 0.0947. The number of anilines is 1. The van der Waals surface area contributed by atoms with E-state index in [1.165, 1.54) is 0 Å². The monoisotopic (exact) mass is 420 g/mol. The molecule has 118 valence electrons. The summed E-state index contributed by atoms with van der Waals surface area (Å²) in [4.78, 5) is 12.3. The number of aromatic nitrogens is 1. The zero-order chi connectivity index (χ0) is 16.6. The Kier molecular flexibility index (Phi) is 4.39. The Morgan fingerprint density at radius 2 is 1.87 bits per heavy atom. The minimum Gasteiger partial charge on any atom is -0.356 e. The summed E-state index contributed by atoms with van der Waals surface area (Å²) in [7, 11) is 0. The maximum Gasteiger partial charge on any atom is 0.230 e. The lowest BCUT2D eigenvalue weighted by Gasteiger charge is -2.08. The summed E-state index contributed by atoms with van der Waals surface area (Å²) in [6.07, 6.45) is 0.195. The van der Waals surface area contributed by atoms with Gasteiger partial charge in [-0.1, -0.05) is 5.16 Å². The fourth-order valence-electron chi connectivity index (χ4n) is 2.49. The number of amides is 1. The van der Waals surface area contributed by atoms with Crippen LogP contribution in [0.3, 0.4) is 0 Å². The average molecular weight is 420 g/mol. The number of nitrogens with zero attached hydrogens (tertiary/aromatic N) is 1. The molecule has 1 heterocycles. The van der Waals surface area contributed by atoms with Crippen LogP contribution in [-0.2, 0) is 11.2 Å². The van der Waals surface area contributed by atoms with Gasteiger partial charge in [-0.25, -0.2) is 0 Å². The van der Waals surface area contributed by atoms with E-state index in [9.17, 15) is 4.79 Å². The van der Waals surface area contributed by atoms with Gasteiger partial charge >= 0.3 is 0 Å². The van der Waals surface area contributed by atoms with Crippen molar-refractivity contribution in [1.29, 1.82) is 0 Å². The number of fused-ring (bicyclic) bond motifs is 1. The first kappa shape index (κ1) is 16.0. The molecule has 0 saturated carbocycles. The number of halogens is 1. The maximum atomic E-state index is 12.3. The number of carbonyl (C=O) groups is 1. The zero-order valence-electron chi connectivity index (χ0n) is 13.2. The first-order valence-electron chi connectivity index (χ1n) is 7.35. The lowest BCUT2D eigenvalue weighted by atomic mass is 10.1. The van der Waals surface area contributed by atoms with Crippen molar-refractivity contribution in [3.05, 3.63) is 56.3 Å². The Hall–Kier alpha value is -1.89. The molecule has 2 aromatic carbocycles. The van der Waals surface area contributed by atoms with Crippen LogP contribution in [-0.4, -0.2) is 11.1 Å². The van der Waals surface area contributed by atoms with Crippen molar-refractivity contribution in [3.63, 3.8) is 0 Å². The van der Waals surface area contributed by atoms with Crippen LogP contribution in [0.1, 0.15) is 22.4 Å². The molecule has 0 unspecified atom stereocenters. The Bertz CT molecular complexity index is 899. The molecule has 0 radical (unpaired) electrons. The maximum absolute atomic E-state index is 12.3. The van der Waals surface area contributed by atoms with Crippen molar-refractivity contribution in [2.45, 2.75) is 27.2 Å². The largest absolute Gasteiger partial charge is 0.356 e. The molecule has 23 heavy (non-hydrogen) atoms. The number of hydrogen-bond acceptors (Lipinski definition) is 3. The van der Waals surface area contributed by atoms with Crippen LogP contribution in [0.5, 0.6) is 0 Å². The molecular formula is C18H17IN2O2. The van der Waals surface area contributed by atoms with Crippen molar-refractivity contribution in [2.24, 2.45) is 0 Å². The van der Waals surface area contributed by atoms with E-state index in [1.54, 1.807) is 0 Å². The summed E-state index contributed by atoms with van der Waals surface area (Å²) in [5.74, 6) is -0.0947. The fourth-order valence-corrected chi connectivity index (χ4v) is 3.13. The number of rotatable bonds is 3. The molecule has 0 spiro atoms. The Balaban J connectivity index is 1.81. The average Bonchev–Trinajstić information content (AvgIpc) is 2.85. The number of benzene rings is 2. The Morgan fingerprint density at radius 3 is 2.61 bits per heavy atom. The summed E-state index contributed by atoms with van der Waals surface area (Å²) >= 11 is 2.25.